The molecule has 0 bridgehead atoms. The van der Waals surface area contributed by atoms with Crippen molar-refractivity contribution < 1.29 is 9.53 Å². The van der Waals surface area contributed by atoms with Gasteiger partial charge in [-0.2, -0.15) is 5.10 Å². The molecule has 10 heteroatoms. The second-order valence-corrected chi connectivity index (χ2v) is 7.01. The van der Waals surface area contributed by atoms with Crippen LogP contribution in [0.2, 0.25) is 0 Å². The van der Waals surface area contributed by atoms with Crippen molar-refractivity contribution in [2.75, 3.05) is 30.9 Å². The predicted molar refractivity (Wildman–Crippen MR) is 123 cm³/mol. The predicted octanol–water partition coefficient (Wildman–Crippen LogP) is 1.41. The Morgan fingerprint density at radius 3 is 2.72 bits per heavy atom. The van der Waals surface area contributed by atoms with E-state index in [4.69, 9.17) is 10.5 Å². The molecular formula is C22H26N6O4. The Hall–Kier alpha value is -3.92. The number of anilines is 2. The van der Waals surface area contributed by atoms with Crippen LogP contribution < -0.4 is 21.9 Å². The van der Waals surface area contributed by atoms with E-state index in [1.165, 1.54) is 22.7 Å². The van der Waals surface area contributed by atoms with Crippen LogP contribution in [0.3, 0.4) is 0 Å². The van der Waals surface area contributed by atoms with Crippen LogP contribution in [0, 0.1) is 0 Å². The van der Waals surface area contributed by atoms with Crippen molar-refractivity contribution in [2.24, 2.45) is 0 Å². The molecule has 2 aromatic heterocycles. The minimum atomic E-state index is -0.727. The second-order valence-electron chi connectivity index (χ2n) is 7.01. The number of aromatic nitrogens is 4. The Morgan fingerprint density at radius 2 is 2.03 bits per heavy atom. The Balaban J connectivity index is 1.91. The Kier molecular flexibility index (Phi) is 7.40. The Morgan fingerprint density at radius 1 is 1.28 bits per heavy atom. The van der Waals surface area contributed by atoms with Crippen molar-refractivity contribution in [1.29, 1.82) is 0 Å². The van der Waals surface area contributed by atoms with Crippen LogP contribution in [-0.4, -0.2) is 45.5 Å². The molecule has 1 aromatic carbocycles. The first-order chi connectivity index (χ1) is 15.5. The molecule has 0 unspecified atom stereocenters. The van der Waals surface area contributed by atoms with E-state index >= 15 is 0 Å². The summed E-state index contributed by atoms with van der Waals surface area (Å²) >= 11 is 0. The van der Waals surface area contributed by atoms with Gasteiger partial charge in [-0.3, -0.25) is 24.0 Å². The lowest BCUT2D eigenvalue weighted by molar-refractivity contribution is -0.114. The highest BCUT2D eigenvalue weighted by Gasteiger charge is 2.22. The highest BCUT2D eigenvalue weighted by atomic mass is 16.5. The molecule has 0 aliphatic rings. The molecule has 0 saturated heterocycles. The number of hydrogen-bond donors (Lipinski definition) is 2. The number of carbonyl (C=O) groups excluding carboxylic acids is 1. The molecule has 2 heterocycles. The van der Waals surface area contributed by atoms with Crippen molar-refractivity contribution in [3.63, 3.8) is 0 Å². The number of para-hydroxylation sites is 1. The highest BCUT2D eigenvalue weighted by Crippen LogP contribution is 2.18. The Bertz CT molecular complexity index is 1210. The third-order valence-electron chi connectivity index (χ3n) is 4.76. The number of rotatable bonds is 9. The summed E-state index contributed by atoms with van der Waals surface area (Å²) in [4.78, 5) is 41.1. The molecule has 0 spiro atoms. The molecule has 0 aliphatic carbocycles. The third-order valence-corrected chi connectivity index (χ3v) is 4.76. The summed E-state index contributed by atoms with van der Waals surface area (Å²) in [5, 5.41) is 4.29. The summed E-state index contributed by atoms with van der Waals surface area (Å²) in [6.45, 7) is 2.45. The van der Waals surface area contributed by atoms with Crippen LogP contribution >= 0.6 is 0 Å². The minimum absolute atomic E-state index is 0.0599. The van der Waals surface area contributed by atoms with E-state index in [1.807, 2.05) is 37.3 Å². The summed E-state index contributed by atoms with van der Waals surface area (Å²) in [6.07, 6.45) is 6.96. The summed E-state index contributed by atoms with van der Waals surface area (Å²) < 4.78 is 8.03. The number of nitrogens with one attached hydrogen (secondary N) is 1. The zero-order chi connectivity index (χ0) is 23.1. The van der Waals surface area contributed by atoms with E-state index in [0.29, 0.717) is 18.5 Å². The van der Waals surface area contributed by atoms with Gasteiger partial charge in [-0.1, -0.05) is 25.1 Å². The average molecular weight is 438 g/mol. The first kappa shape index (κ1) is 22.8. The molecule has 0 atom stereocenters. The molecule has 32 heavy (non-hydrogen) atoms. The number of H-pyrrole nitrogens is 1. The lowest BCUT2D eigenvalue weighted by Gasteiger charge is -2.23. The van der Waals surface area contributed by atoms with Gasteiger partial charge in [0.05, 0.1) is 18.5 Å². The zero-order valence-corrected chi connectivity index (χ0v) is 18.0. The van der Waals surface area contributed by atoms with E-state index in [1.54, 1.807) is 23.2 Å². The largest absolute Gasteiger partial charge is 0.383 e. The number of carbonyl (C=O) groups is 1. The van der Waals surface area contributed by atoms with E-state index in [2.05, 4.69) is 10.1 Å². The lowest BCUT2D eigenvalue weighted by atomic mass is 10.3. The first-order valence-corrected chi connectivity index (χ1v) is 10.2. The second kappa shape index (κ2) is 10.4. The number of ether oxygens (including phenoxy) is 1. The maximum Gasteiger partial charge on any atom is 0.330 e. The summed E-state index contributed by atoms with van der Waals surface area (Å²) in [5.41, 5.74) is 6.30. The maximum absolute atomic E-state index is 13.0. The van der Waals surface area contributed by atoms with E-state index in [9.17, 15) is 14.4 Å². The number of nitrogens with zero attached hydrogens (tertiary/aromatic N) is 4. The lowest BCUT2D eigenvalue weighted by Crippen LogP contribution is -2.42. The number of amides is 1. The van der Waals surface area contributed by atoms with Crippen molar-refractivity contribution in [3.8, 4) is 5.69 Å². The molecule has 3 aromatic rings. The summed E-state index contributed by atoms with van der Waals surface area (Å²) in [7, 11) is 1.49. The maximum atomic E-state index is 13.0. The van der Waals surface area contributed by atoms with Crippen LogP contribution in [0.25, 0.3) is 11.8 Å². The van der Waals surface area contributed by atoms with Crippen molar-refractivity contribution in [3.05, 3.63) is 75.2 Å². The molecule has 0 fully saturated rings. The number of aromatic amines is 1. The monoisotopic (exact) mass is 438 g/mol. The van der Waals surface area contributed by atoms with E-state index < -0.39 is 17.2 Å². The quantitative estimate of drug-likeness (QED) is 0.486. The molecule has 1 amide bonds. The SMILES string of the molecule is CCCn1c(N)c(N(CCOC)C(=O)/C=C/c2cnn(-c3ccccc3)c2)c(=O)[nH]c1=O. The molecule has 3 N–H and O–H groups in total. The third kappa shape index (κ3) is 5.03. The van der Waals surface area contributed by atoms with Gasteiger partial charge in [0.2, 0.25) is 0 Å². The van der Waals surface area contributed by atoms with Crippen LogP contribution in [0.15, 0.2) is 58.4 Å². The number of methoxy groups -OCH3 is 1. The van der Waals surface area contributed by atoms with Crippen LogP contribution in [-0.2, 0) is 16.1 Å². The van der Waals surface area contributed by atoms with E-state index in [0.717, 1.165) is 5.69 Å². The number of nitrogens with two attached hydrogens (primary N) is 1. The summed E-state index contributed by atoms with van der Waals surface area (Å²) in [6, 6.07) is 9.56. The van der Waals surface area contributed by atoms with Gasteiger partial charge in [-0.05, 0) is 24.6 Å². The van der Waals surface area contributed by atoms with Crippen molar-refractivity contribution >= 4 is 23.5 Å². The van der Waals surface area contributed by atoms with Crippen molar-refractivity contribution in [2.45, 2.75) is 19.9 Å². The topological polar surface area (TPSA) is 128 Å². The molecule has 10 nitrogen and oxygen atoms in total. The van der Waals surface area contributed by atoms with Crippen molar-refractivity contribution in [1.82, 2.24) is 19.3 Å². The number of nitrogen functional groups attached to an aromatic ring is 1. The average Bonchev–Trinajstić information content (AvgIpc) is 3.27. The van der Waals surface area contributed by atoms with Crippen LogP contribution in [0.4, 0.5) is 11.5 Å². The van der Waals surface area contributed by atoms with Gasteiger partial charge in [0.15, 0.2) is 5.69 Å². The molecule has 0 saturated carbocycles. The Labute approximate surface area is 184 Å². The van der Waals surface area contributed by atoms with Gasteiger partial charge in [0.1, 0.15) is 5.82 Å². The fourth-order valence-corrected chi connectivity index (χ4v) is 3.20. The molecule has 168 valence electrons. The fourth-order valence-electron chi connectivity index (χ4n) is 3.20. The van der Waals surface area contributed by atoms with Gasteiger partial charge >= 0.3 is 5.69 Å². The number of hydrogen-bond acceptors (Lipinski definition) is 6. The minimum Gasteiger partial charge on any atom is -0.383 e. The van der Waals surface area contributed by atoms with Gasteiger partial charge in [0, 0.05) is 38.0 Å². The molecule has 3 rings (SSSR count). The highest BCUT2D eigenvalue weighted by molar-refractivity contribution is 6.05. The first-order valence-electron chi connectivity index (χ1n) is 10.2. The molecule has 0 aliphatic heterocycles. The van der Waals surface area contributed by atoms with Gasteiger partial charge < -0.3 is 10.5 Å². The van der Waals surface area contributed by atoms with Crippen LogP contribution in [0.1, 0.15) is 18.9 Å². The standard InChI is InChI=1S/C22H26N6O4/c1-3-11-27-20(23)19(21(30)25-22(27)31)26(12-13-32-2)18(29)10-9-16-14-24-28(15-16)17-7-5-4-6-8-17/h4-10,14-15H,3,11-13,23H2,1-2H3,(H,25,30,31)/b10-9+. The number of benzene rings is 1. The zero-order valence-electron chi connectivity index (χ0n) is 18.0. The van der Waals surface area contributed by atoms with Gasteiger partial charge in [-0.25, -0.2) is 9.48 Å². The van der Waals surface area contributed by atoms with Gasteiger partial charge in [0.25, 0.3) is 11.5 Å². The normalized spacial score (nSPS) is 11.2. The molecular weight excluding hydrogens is 412 g/mol. The molecule has 0 radical (unpaired) electrons. The van der Waals surface area contributed by atoms with Crippen LogP contribution in [0.5, 0.6) is 0 Å². The fraction of sp³-hybridized carbons (Fsp3) is 0.273. The van der Waals surface area contributed by atoms with E-state index in [-0.39, 0.29) is 24.7 Å². The van der Waals surface area contributed by atoms with Gasteiger partial charge in [-0.15, -0.1) is 0 Å². The smallest absolute Gasteiger partial charge is 0.330 e. The summed E-state index contributed by atoms with van der Waals surface area (Å²) in [5.74, 6) is -0.538.